The highest BCUT2D eigenvalue weighted by Gasteiger charge is 2.67. The zero-order valence-electron chi connectivity index (χ0n) is 19.6. The summed E-state index contributed by atoms with van der Waals surface area (Å²) in [5.41, 5.74) is -0.114. The first kappa shape index (κ1) is 22.4. The van der Waals surface area contributed by atoms with E-state index in [2.05, 4.69) is 33.9 Å². The molecule has 0 radical (unpaired) electrons. The molecule has 2 aromatic rings. The Balaban J connectivity index is 1.62. The van der Waals surface area contributed by atoms with E-state index >= 15 is 0 Å². The van der Waals surface area contributed by atoms with Crippen LogP contribution < -0.4 is 9.16 Å². The summed E-state index contributed by atoms with van der Waals surface area (Å²) in [5.74, 6) is 1.39. The molecule has 7 heteroatoms. The fourth-order valence-electron chi connectivity index (χ4n) is 3.67. The average molecular weight is 461 g/mol. The van der Waals surface area contributed by atoms with Crippen LogP contribution in [-0.4, -0.2) is 27.9 Å². The van der Waals surface area contributed by atoms with Crippen molar-refractivity contribution >= 4 is 18.2 Å². The van der Waals surface area contributed by atoms with Gasteiger partial charge in [-0.15, -0.1) is 0 Å². The van der Waals surface area contributed by atoms with Crippen LogP contribution in [-0.2, 0) is 14.6 Å². The summed E-state index contributed by atoms with van der Waals surface area (Å²) in [6.45, 7) is 16.9. The predicted molar refractivity (Wildman–Crippen MR) is 123 cm³/mol. The molecule has 5 nitrogen and oxygen atoms in total. The molecule has 0 spiro atoms. The van der Waals surface area contributed by atoms with Crippen molar-refractivity contribution in [2.24, 2.45) is 0 Å². The van der Waals surface area contributed by atoms with Crippen molar-refractivity contribution in [2.75, 3.05) is 0 Å². The van der Waals surface area contributed by atoms with Gasteiger partial charge in [-0.25, -0.2) is 8.42 Å². The fourth-order valence-corrected chi connectivity index (χ4v) is 5.99. The molecule has 0 aliphatic carbocycles. The van der Waals surface area contributed by atoms with Crippen molar-refractivity contribution in [3.05, 3.63) is 48.0 Å². The molecule has 0 saturated carbocycles. The van der Waals surface area contributed by atoms with Crippen molar-refractivity contribution in [1.29, 1.82) is 0 Å². The van der Waals surface area contributed by atoms with Gasteiger partial charge in [-0.3, -0.25) is 0 Å². The van der Waals surface area contributed by atoms with Crippen molar-refractivity contribution in [2.45, 2.75) is 86.8 Å². The van der Waals surface area contributed by atoms with Crippen LogP contribution in [0.4, 0.5) is 0 Å². The van der Waals surface area contributed by atoms with Crippen LogP contribution >= 0.6 is 0 Å². The Morgan fingerprint density at radius 1 is 0.968 bits per heavy atom. The molecule has 0 aromatic heterocycles. The molecule has 2 heterocycles. The second-order valence-electron chi connectivity index (χ2n) is 10.8. The van der Waals surface area contributed by atoms with E-state index in [0.717, 1.165) is 5.56 Å². The van der Waals surface area contributed by atoms with Gasteiger partial charge in [0.2, 0.25) is 18.2 Å². The Morgan fingerprint density at radius 3 is 2.13 bits per heavy atom. The zero-order chi connectivity index (χ0) is 23.0. The molecule has 168 valence electrons. The zero-order valence-corrected chi connectivity index (χ0v) is 21.4. The van der Waals surface area contributed by atoms with Crippen LogP contribution in [0.3, 0.4) is 0 Å². The normalized spacial score (nSPS) is 24.6. The summed E-state index contributed by atoms with van der Waals surface area (Å²) in [6, 6.07) is 11.8. The highest BCUT2D eigenvalue weighted by atomic mass is 32.2. The minimum atomic E-state index is -3.67. The van der Waals surface area contributed by atoms with Gasteiger partial charge in [0.25, 0.3) is 0 Å². The summed E-state index contributed by atoms with van der Waals surface area (Å²) in [4.78, 5) is 0.483. The van der Waals surface area contributed by atoms with Gasteiger partial charge in [-0.05, 0) is 81.4 Å². The summed E-state index contributed by atoms with van der Waals surface area (Å²) in [7, 11) is -5.66. The molecule has 0 unspecified atom stereocenters. The lowest BCUT2D eigenvalue weighted by molar-refractivity contribution is 0.0241. The highest BCUT2D eigenvalue weighted by molar-refractivity contribution is 7.91. The van der Waals surface area contributed by atoms with E-state index in [-0.39, 0.29) is 20.9 Å². The van der Waals surface area contributed by atoms with Crippen LogP contribution in [0.5, 0.6) is 11.5 Å². The Bertz CT molecular complexity index is 1130. The Labute approximate surface area is 186 Å². The summed E-state index contributed by atoms with van der Waals surface area (Å²) >= 11 is 0. The standard InChI is InChI=1S/C24H32O5SSi/c1-22(2,3)31(7,8)29-16-9-11-17(12-10-16)30(25,26)18-13-14-20-19(15-18)21-24(6,28-21)23(4,5)27-20/h9-15,21H,1-8H3/t21-,24-/m0/s1. The Hall–Kier alpha value is -1.83. The number of sulfone groups is 1. The molecule has 31 heavy (non-hydrogen) atoms. The molecule has 2 atom stereocenters. The van der Waals surface area contributed by atoms with Crippen molar-refractivity contribution < 1.29 is 22.3 Å². The van der Waals surface area contributed by atoms with Gasteiger partial charge in [0, 0.05) is 5.56 Å². The third-order valence-corrected chi connectivity index (χ3v) is 13.4. The van der Waals surface area contributed by atoms with Crippen molar-refractivity contribution in [3.8, 4) is 11.5 Å². The number of hydrogen-bond acceptors (Lipinski definition) is 5. The SMILES string of the molecule is CC1(C)Oc2ccc(S(=O)(=O)c3ccc(O[Si](C)(C)C(C)(C)C)cc3)cc2[C@@H]2O[C@@]21C. The number of epoxide rings is 1. The first-order chi connectivity index (χ1) is 14.1. The van der Waals surface area contributed by atoms with Gasteiger partial charge in [-0.2, -0.15) is 0 Å². The fraction of sp³-hybridized carbons (Fsp3) is 0.500. The first-order valence-electron chi connectivity index (χ1n) is 10.6. The molecular formula is C24H32O5SSi. The molecular weight excluding hydrogens is 428 g/mol. The third kappa shape index (κ3) is 3.51. The van der Waals surface area contributed by atoms with E-state index < -0.39 is 29.4 Å². The lowest BCUT2D eigenvalue weighted by Crippen LogP contribution is -2.45. The minimum Gasteiger partial charge on any atom is -0.544 e. The molecule has 0 N–H and O–H groups in total. The van der Waals surface area contributed by atoms with Gasteiger partial charge in [0.05, 0.1) is 9.79 Å². The average Bonchev–Trinajstić information content (AvgIpc) is 3.35. The monoisotopic (exact) mass is 460 g/mol. The van der Waals surface area contributed by atoms with Crippen molar-refractivity contribution in [1.82, 2.24) is 0 Å². The molecule has 1 saturated heterocycles. The van der Waals surface area contributed by atoms with E-state index in [1.807, 2.05) is 20.8 Å². The number of ether oxygens (including phenoxy) is 2. The second kappa shape index (κ2) is 6.59. The maximum Gasteiger partial charge on any atom is 0.250 e. The van der Waals surface area contributed by atoms with Gasteiger partial charge in [0.1, 0.15) is 28.8 Å². The largest absolute Gasteiger partial charge is 0.544 e. The molecule has 2 aliphatic rings. The van der Waals surface area contributed by atoms with E-state index in [1.54, 1.807) is 42.5 Å². The lowest BCUT2D eigenvalue weighted by Gasteiger charge is -2.36. The van der Waals surface area contributed by atoms with Gasteiger partial charge < -0.3 is 13.9 Å². The highest BCUT2D eigenvalue weighted by Crippen LogP contribution is 2.62. The maximum atomic E-state index is 13.3. The van der Waals surface area contributed by atoms with Gasteiger partial charge in [0.15, 0.2) is 0 Å². The number of fused-ring (bicyclic) bond motifs is 3. The molecule has 1 fully saturated rings. The first-order valence-corrected chi connectivity index (χ1v) is 15.0. The predicted octanol–water partition coefficient (Wildman–Crippen LogP) is 5.90. The summed E-state index contributed by atoms with van der Waals surface area (Å²) in [6.07, 6.45) is -0.151. The molecule has 2 aliphatic heterocycles. The maximum absolute atomic E-state index is 13.3. The van der Waals surface area contributed by atoms with Crippen LogP contribution in [0.1, 0.15) is 53.2 Å². The van der Waals surface area contributed by atoms with E-state index in [0.29, 0.717) is 11.5 Å². The van der Waals surface area contributed by atoms with E-state index in [9.17, 15) is 8.42 Å². The minimum absolute atomic E-state index is 0.0664. The van der Waals surface area contributed by atoms with Gasteiger partial charge in [-0.1, -0.05) is 20.8 Å². The van der Waals surface area contributed by atoms with E-state index in [1.165, 1.54) is 0 Å². The van der Waals surface area contributed by atoms with E-state index in [4.69, 9.17) is 13.9 Å². The Kier molecular flexibility index (Phi) is 4.75. The van der Waals surface area contributed by atoms with Crippen molar-refractivity contribution in [3.63, 3.8) is 0 Å². The Morgan fingerprint density at radius 2 is 1.55 bits per heavy atom. The number of benzene rings is 2. The quantitative estimate of drug-likeness (QED) is 0.419. The number of rotatable bonds is 4. The summed E-state index contributed by atoms with van der Waals surface area (Å²) in [5, 5.41) is 0.0664. The van der Waals surface area contributed by atoms with Crippen LogP contribution in [0.2, 0.25) is 18.1 Å². The molecule has 0 bridgehead atoms. The smallest absolute Gasteiger partial charge is 0.250 e. The van der Waals surface area contributed by atoms with Crippen LogP contribution in [0.25, 0.3) is 0 Å². The van der Waals surface area contributed by atoms with Crippen LogP contribution in [0.15, 0.2) is 52.3 Å². The topological polar surface area (TPSA) is 65.1 Å². The number of hydrogen-bond donors (Lipinski definition) is 0. The van der Waals surface area contributed by atoms with Crippen LogP contribution in [0, 0.1) is 0 Å². The molecule has 2 aromatic carbocycles. The summed E-state index contributed by atoms with van der Waals surface area (Å²) < 4.78 is 44.9. The molecule has 4 rings (SSSR count). The lowest BCUT2D eigenvalue weighted by atomic mass is 9.84. The second-order valence-corrected chi connectivity index (χ2v) is 17.4. The van der Waals surface area contributed by atoms with Gasteiger partial charge >= 0.3 is 0 Å². The third-order valence-electron chi connectivity index (χ3n) is 7.25. The molecule has 0 amide bonds.